The van der Waals surface area contributed by atoms with E-state index in [1.165, 1.54) is 6.07 Å². The molecule has 1 amide bonds. The van der Waals surface area contributed by atoms with E-state index in [4.69, 9.17) is 11.6 Å². The topological polar surface area (TPSA) is 75.5 Å². The molecule has 3 rings (SSSR count). The van der Waals surface area contributed by atoms with E-state index in [2.05, 4.69) is 5.32 Å². The highest BCUT2D eigenvalue weighted by Gasteiger charge is 2.23. The van der Waals surface area contributed by atoms with Crippen LogP contribution in [0.3, 0.4) is 0 Å². The number of anilines is 2. The number of carbonyl (C=O) groups excluding carboxylic acids is 1. The highest BCUT2D eigenvalue weighted by molar-refractivity contribution is 6.31. The average Bonchev–Trinajstić information content (AvgIpc) is 2.62. The summed E-state index contributed by atoms with van der Waals surface area (Å²) in [4.78, 5) is 25.5. The van der Waals surface area contributed by atoms with Crippen molar-refractivity contribution in [1.82, 2.24) is 0 Å². The number of hydrogen-bond acceptors (Lipinski definition) is 4. The van der Waals surface area contributed by atoms with E-state index in [1.807, 2.05) is 4.90 Å². The number of nitro benzene ring substituents is 1. The van der Waals surface area contributed by atoms with E-state index in [1.54, 1.807) is 36.4 Å². The van der Waals surface area contributed by atoms with Crippen LogP contribution >= 0.6 is 11.6 Å². The SMILES string of the molecule is O=C(Nc1cccc(Cl)c1)c1ccc(N2CCCCC2)c([N+](=O)[O-])c1. The van der Waals surface area contributed by atoms with Crippen LogP contribution in [0.5, 0.6) is 0 Å². The molecule has 2 aromatic rings. The maximum atomic E-state index is 12.4. The third kappa shape index (κ3) is 4.09. The fraction of sp³-hybridized carbons (Fsp3) is 0.278. The van der Waals surface area contributed by atoms with E-state index in [0.717, 1.165) is 32.4 Å². The zero-order valence-corrected chi connectivity index (χ0v) is 14.3. The van der Waals surface area contributed by atoms with Crippen molar-refractivity contribution in [2.45, 2.75) is 19.3 Å². The van der Waals surface area contributed by atoms with Gasteiger partial charge in [-0.15, -0.1) is 0 Å². The predicted molar refractivity (Wildman–Crippen MR) is 98.6 cm³/mol. The largest absolute Gasteiger partial charge is 0.366 e. The average molecular weight is 360 g/mol. The zero-order chi connectivity index (χ0) is 17.8. The van der Waals surface area contributed by atoms with Crippen molar-refractivity contribution in [1.29, 1.82) is 0 Å². The first kappa shape index (κ1) is 17.2. The summed E-state index contributed by atoms with van der Waals surface area (Å²) in [5.41, 5.74) is 1.32. The first-order valence-corrected chi connectivity index (χ1v) is 8.53. The quantitative estimate of drug-likeness (QED) is 0.644. The standard InChI is InChI=1S/C18H18ClN3O3/c19-14-5-4-6-15(12-14)20-18(23)13-7-8-16(17(11-13)22(24)25)21-9-2-1-3-10-21/h4-8,11-12H,1-3,9-10H2,(H,20,23). The molecule has 0 aliphatic carbocycles. The van der Waals surface area contributed by atoms with Gasteiger partial charge in [0.15, 0.2) is 0 Å². The molecule has 0 unspecified atom stereocenters. The van der Waals surface area contributed by atoms with Gasteiger partial charge in [0.05, 0.1) is 4.92 Å². The Labute approximate surface area is 150 Å². The van der Waals surface area contributed by atoms with Gasteiger partial charge in [0, 0.05) is 35.4 Å². The summed E-state index contributed by atoms with van der Waals surface area (Å²) in [7, 11) is 0. The molecular weight excluding hydrogens is 342 g/mol. The third-order valence-corrected chi connectivity index (χ3v) is 4.45. The summed E-state index contributed by atoms with van der Waals surface area (Å²) >= 11 is 5.90. The highest BCUT2D eigenvalue weighted by Crippen LogP contribution is 2.31. The minimum atomic E-state index is -0.430. The van der Waals surface area contributed by atoms with Crippen molar-refractivity contribution < 1.29 is 9.72 Å². The van der Waals surface area contributed by atoms with E-state index >= 15 is 0 Å². The van der Waals surface area contributed by atoms with Gasteiger partial charge in [-0.25, -0.2) is 0 Å². The van der Waals surface area contributed by atoms with Gasteiger partial charge in [-0.1, -0.05) is 17.7 Å². The van der Waals surface area contributed by atoms with E-state index < -0.39 is 10.8 Å². The molecule has 1 N–H and O–H groups in total. The maximum absolute atomic E-state index is 12.4. The van der Waals surface area contributed by atoms with Crippen LogP contribution in [0.25, 0.3) is 0 Å². The lowest BCUT2D eigenvalue weighted by atomic mass is 10.1. The number of benzene rings is 2. The molecular formula is C18H18ClN3O3. The number of hydrogen-bond donors (Lipinski definition) is 1. The Morgan fingerprint density at radius 1 is 1.12 bits per heavy atom. The van der Waals surface area contributed by atoms with Gasteiger partial charge in [0.25, 0.3) is 11.6 Å². The minimum Gasteiger partial charge on any atom is -0.366 e. The van der Waals surface area contributed by atoms with Crippen molar-refractivity contribution in [2.24, 2.45) is 0 Å². The second-order valence-corrected chi connectivity index (χ2v) is 6.41. The molecule has 1 heterocycles. The van der Waals surface area contributed by atoms with Crippen molar-refractivity contribution in [2.75, 3.05) is 23.3 Å². The van der Waals surface area contributed by atoms with Crippen LogP contribution in [0.1, 0.15) is 29.6 Å². The lowest BCUT2D eigenvalue weighted by molar-refractivity contribution is -0.384. The normalized spacial score (nSPS) is 14.2. The third-order valence-electron chi connectivity index (χ3n) is 4.21. The Bertz CT molecular complexity index is 804. The number of nitrogens with one attached hydrogen (secondary N) is 1. The summed E-state index contributed by atoms with van der Waals surface area (Å²) in [6.07, 6.45) is 3.19. The Morgan fingerprint density at radius 3 is 2.56 bits per heavy atom. The van der Waals surface area contributed by atoms with E-state index in [0.29, 0.717) is 16.4 Å². The van der Waals surface area contributed by atoms with Gasteiger partial charge in [0.1, 0.15) is 5.69 Å². The fourth-order valence-electron chi connectivity index (χ4n) is 2.98. The van der Waals surface area contributed by atoms with Crippen molar-refractivity contribution in [3.8, 4) is 0 Å². The maximum Gasteiger partial charge on any atom is 0.293 e. The number of nitrogens with zero attached hydrogens (tertiary/aromatic N) is 2. The van der Waals surface area contributed by atoms with Crippen LogP contribution in [-0.2, 0) is 0 Å². The molecule has 7 heteroatoms. The summed E-state index contributed by atoms with van der Waals surface area (Å²) in [5, 5.41) is 14.7. The van der Waals surface area contributed by atoms with Gasteiger partial charge in [-0.2, -0.15) is 0 Å². The monoisotopic (exact) mass is 359 g/mol. The molecule has 25 heavy (non-hydrogen) atoms. The smallest absolute Gasteiger partial charge is 0.293 e. The van der Waals surface area contributed by atoms with Crippen molar-refractivity contribution in [3.63, 3.8) is 0 Å². The molecule has 0 radical (unpaired) electrons. The summed E-state index contributed by atoms with van der Waals surface area (Å²) in [5.74, 6) is -0.407. The molecule has 1 saturated heterocycles. The highest BCUT2D eigenvalue weighted by atomic mass is 35.5. The Kier molecular flexibility index (Phi) is 5.19. The Hall–Kier alpha value is -2.60. The van der Waals surface area contributed by atoms with Crippen LogP contribution in [-0.4, -0.2) is 23.9 Å². The van der Waals surface area contributed by atoms with Crippen LogP contribution in [0.4, 0.5) is 17.1 Å². The lowest BCUT2D eigenvalue weighted by Crippen LogP contribution is -2.30. The Balaban J connectivity index is 1.85. The molecule has 1 fully saturated rings. The van der Waals surface area contributed by atoms with Gasteiger partial charge >= 0.3 is 0 Å². The lowest BCUT2D eigenvalue weighted by Gasteiger charge is -2.28. The van der Waals surface area contributed by atoms with Gasteiger partial charge < -0.3 is 10.2 Å². The molecule has 1 aliphatic heterocycles. The zero-order valence-electron chi connectivity index (χ0n) is 13.6. The summed E-state index contributed by atoms with van der Waals surface area (Å²) in [6, 6.07) is 11.4. The number of carbonyl (C=O) groups is 1. The molecule has 0 atom stereocenters. The molecule has 6 nitrogen and oxygen atoms in total. The second-order valence-electron chi connectivity index (χ2n) is 5.97. The molecule has 1 aliphatic rings. The molecule has 2 aromatic carbocycles. The van der Waals surface area contributed by atoms with Crippen LogP contribution < -0.4 is 10.2 Å². The predicted octanol–water partition coefficient (Wildman–Crippen LogP) is 4.49. The molecule has 0 saturated carbocycles. The van der Waals surface area contributed by atoms with Crippen molar-refractivity contribution >= 4 is 34.6 Å². The fourth-order valence-corrected chi connectivity index (χ4v) is 3.17. The van der Waals surface area contributed by atoms with E-state index in [9.17, 15) is 14.9 Å². The first-order chi connectivity index (χ1) is 12.0. The number of amides is 1. The summed E-state index contributed by atoms with van der Waals surface area (Å²) < 4.78 is 0. The second kappa shape index (κ2) is 7.53. The minimum absolute atomic E-state index is 0.0411. The van der Waals surface area contributed by atoms with Crippen LogP contribution in [0, 0.1) is 10.1 Å². The van der Waals surface area contributed by atoms with Gasteiger partial charge in [0.2, 0.25) is 0 Å². The van der Waals surface area contributed by atoms with Gasteiger partial charge in [-0.05, 0) is 49.6 Å². The molecule has 0 bridgehead atoms. The molecule has 0 aromatic heterocycles. The first-order valence-electron chi connectivity index (χ1n) is 8.15. The van der Waals surface area contributed by atoms with Crippen LogP contribution in [0.15, 0.2) is 42.5 Å². The van der Waals surface area contributed by atoms with Crippen LogP contribution in [0.2, 0.25) is 5.02 Å². The summed E-state index contributed by atoms with van der Waals surface area (Å²) in [6.45, 7) is 1.60. The van der Waals surface area contributed by atoms with Crippen molar-refractivity contribution in [3.05, 3.63) is 63.2 Å². The number of halogens is 1. The number of piperidine rings is 1. The number of nitro groups is 1. The van der Waals surface area contributed by atoms with E-state index in [-0.39, 0.29) is 11.3 Å². The molecule has 130 valence electrons. The molecule has 0 spiro atoms. The number of rotatable bonds is 4. The Morgan fingerprint density at radius 2 is 1.88 bits per heavy atom. The van der Waals surface area contributed by atoms with Gasteiger partial charge in [-0.3, -0.25) is 14.9 Å².